The van der Waals surface area contributed by atoms with Crippen LogP contribution in [0.5, 0.6) is 0 Å². The van der Waals surface area contributed by atoms with Crippen molar-refractivity contribution in [2.75, 3.05) is 19.6 Å². The second kappa shape index (κ2) is 4.11. The Bertz CT molecular complexity index is 299. The van der Waals surface area contributed by atoms with Gasteiger partial charge in [-0.1, -0.05) is 11.8 Å². The minimum atomic E-state index is 0.894. The van der Waals surface area contributed by atoms with E-state index in [1.54, 1.807) is 6.20 Å². The molecule has 0 saturated carbocycles. The first-order valence-corrected chi connectivity index (χ1v) is 4.65. The van der Waals surface area contributed by atoms with Gasteiger partial charge >= 0.3 is 0 Å². The summed E-state index contributed by atoms with van der Waals surface area (Å²) in [6.07, 6.45) is 6.22. The minimum absolute atomic E-state index is 0.894. The van der Waals surface area contributed by atoms with E-state index in [9.17, 15) is 0 Å². The summed E-state index contributed by atoms with van der Waals surface area (Å²) in [5.41, 5.74) is 0.971. The lowest BCUT2D eigenvalue weighted by atomic mass is 10.3. The van der Waals surface area contributed by atoms with Crippen LogP contribution >= 0.6 is 0 Å². The van der Waals surface area contributed by atoms with Crippen molar-refractivity contribution in [3.63, 3.8) is 0 Å². The highest BCUT2D eigenvalue weighted by Gasteiger charge is 2.08. The highest BCUT2D eigenvalue weighted by molar-refractivity contribution is 5.29. The Morgan fingerprint density at radius 1 is 1.46 bits per heavy atom. The number of rotatable bonds is 1. The number of hydrogen-bond acceptors (Lipinski definition) is 2. The van der Waals surface area contributed by atoms with Crippen molar-refractivity contribution >= 4 is 0 Å². The van der Waals surface area contributed by atoms with E-state index in [1.807, 2.05) is 6.20 Å². The summed E-state index contributed by atoms with van der Waals surface area (Å²) >= 11 is 0. The van der Waals surface area contributed by atoms with Gasteiger partial charge in [-0.05, 0) is 25.9 Å². The monoisotopic (exact) mass is 175 g/mol. The number of H-pyrrole nitrogens is 1. The topological polar surface area (TPSA) is 31.9 Å². The van der Waals surface area contributed by atoms with Crippen molar-refractivity contribution in [2.45, 2.75) is 12.8 Å². The Labute approximate surface area is 78.1 Å². The molecule has 1 aromatic heterocycles. The van der Waals surface area contributed by atoms with Crippen molar-refractivity contribution in [3.05, 3.63) is 18.0 Å². The van der Waals surface area contributed by atoms with Crippen LogP contribution in [0.2, 0.25) is 0 Å². The van der Waals surface area contributed by atoms with E-state index in [4.69, 9.17) is 0 Å². The minimum Gasteiger partial charge on any atom is -0.292 e. The summed E-state index contributed by atoms with van der Waals surface area (Å²) in [5.74, 6) is 6.21. The molecule has 13 heavy (non-hydrogen) atoms. The lowest BCUT2D eigenvalue weighted by Crippen LogP contribution is -2.18. The van der Waals surface area contributed by atoms with Crippen LogP contribution in [-0.2, 0) is 0 Å². The molecule has 2 rings (SSSR count). The van der Waals surface area contributed by atoms with Gasteiger partial charge < -0.3 is 0 Å². The van der Waals surface area contributed by atoms with Crippen LogP contribution in [0.3, 0.4) is 0 Å². The second-order valence-corrected chi connectivity index (χ2v) is 3.27. The highest BCUT2D eigenvalue weighted by atomic mass is 15.1. The van der Waals surface area contributed by atoms with Crippen molar-refractivity contribution in [1.82, 2.24) is 15.1 Å². The van der Waals surface area contributed by atoms with Gasteiger partial charge in [0.1, 0.15) is 0 Å². The molecule has 68 valence electrons. The fourth-order valence-corrected chi connectivity index (χ4v) is 1.51. The molecule has 1 aliphatic rings. The molecule has 0 aromatic carbocycles. The lowest BCUT2D eigenvalue weighted by Gasteiger charge is -2.08. The van der Waals surface area contributed by atoms with Gasteiger partial charge in [0.05, 0.1) is 18.3 Å². The molecule has 1 N–H and O–H groups in total. The Balaban J connectivity index is 1.83. The van der Waals surface area contributed by atoms with E-state index in [0.29, 0.717) is 0 Å². The van der Waals surface area contributed by atoms with E-state index in [2.05, 4.69) is 26.9 Å². The van der Waals surface area contributed by atoms with Gasteiger partial charge in [-0.15, -0.1) is 0 Å². The van der Waals surface area contributed by atoms with Gasteiger partial charge in [-0.2, -0.15) is 5.10 Å². The number of aromatic nitrogens is 2. The number of aromatic amines is 1. The van der Waals surface area contributed by atoms with Gasteiger partial charge in [0.2, 0.25) is 0 Å². The molecule has 0 spiro atoms. The third kappa shape index (κ3) is 2.33. The Morgan fingerprint density at radius 2 is 2.31 bits per heavy atom. The maximum atomic E-state index is 3.83. The van der Waals surface area contributed by atoms with Crippen LogP contribution in [0.15, 0.2) is 12.4 Å². The molecular weight excluding hydrogens is 162 g/mol. The molecule has 1 fully saturated rings. The summed E-state index contributed by atoms with van der Waals surface area (Å²) in [6, 6.07) is 0. The number of nitrogens with zero attached hydrogens (tertiary/aromatic N) is 2. The molecule has 0 unspecified atom stereocenters. The van der Waals surface area contributed by atoms with Crippen molar-refractivity contribution in [2.24, 2.45) is 0 Å². The molecule has 1 aliphatic heterocycles. The van der Waals surface area contributed by atoms with Crippen molar-refractivity contribution in [3.8, 4) is 11.8 Å². The fourth-order valence-electron chi connectivity index (χ4n) is 1.51. The Kier molecular flexibility index (Phi) is 2.63. The summed E-state index contributed by atoms with van der Waals surface area (Å²) in [6.45, 7) is 3.31. The normalized spacial score (nSPS) is 16.9. The molecule has 0 aliphatic carbocycles. The quantitative estimate of drug-likeness (QED) is 0.642. The van der Waals surface area contributed by atoms with Gasteiger partial charge in [-0.3, -0.25) is 10.00 Å². The van der Waals surface area contributed by atoms with Gasteiger partial charge in [0.25, 0.3) is 0 Å². The van der Waals surface area contributed by atoms with Gasteiger partial charge in [-0.25, -0.2) is 0 Å². The molecular formula is C10H13N3. The fraction of sp³-hybridized carbons (Fsp3) is 0.500. The van der Waals surface area contributed by atoms with Crippen molar-refractivity contribution in [1.29, 1.82) is 0 Å². The highest BCUT2D eigenvalue weighted by Crippen LogP contribution is 2.05. The van der Waals surface area contributed by atoms with E-state index in [1.165, 1.54) is 25.9 Å². The Hall–Kier alpha value is -1.27. The smallest absolute Gasteiger partial charge is 0.0644 e. The number of nitrogens with one attached hydrogen (secondary N) is 1. The zero-order chi connectivity index (χ0) is 8.93. The van der Waals surface area contributed by atoms with Crippen LogP contribution in [0.25, 0.3) is 0 Å². The summed E-state index contributed by atoms with van der Waals surface area (Å²) in [7, 11) is 0. The van der Waals surface area contributed by atoms with E-state index in [0.717, 1.165) is 12.1 Å². The standard InChI is InChI=1S/C10H13N3/c1-2-6-13(5-1)7-3-4-10-8-11-12-9-10/h8-9H,1-2,5-7H2,(H,11,12). The Morgan fingerprint density at radius 3 is 3.00 bits per heavy atom. The summed E-state index contributed by atoms with van der Waals surface area (Å²) in [5, 5.41) is 6.57. The first-order chi connectivity index (χ1) is 6.45. The van der Waals surface area contributed by atoms with Gasteiger partial charge in [0, 0.05) is 6.20 Å². The molecule has 0 atom stereocenters. The van der Waals surface area contributed by atoms with Crippen LogP contribution in [0.4, 0.5) is 0 Å². The van der Waals surface area contributed by atoms with Crippen molar-refractivity contribution < 1.29 is 0 Å². The molecule has 2 heterocycles. The molecule has 0 amide bonds. The predicted octanol–water partition coefficient (Wildman–Crippen LogP) is 0.857. The molecule has 1 aromatic rings. The van der Waals surface area contributed by atoms with E-state index < -0.39 is 0 Å². The van der Waals surface area contributed by atoms with E-state index >= 15 is 0 Å². The second-order valence-electron chi connectivity index (χ2n) is 3.27. The third-order valence-corrected chi connectivity index (χ3v) is 2.23. The predicted molar refractivity (Wildman–Crippen MR) is 51.1 cm³/mol. The molecule has 3 nitrogen and oxygen atoms in total. The summed E-state index contributed by atoms with van der Waals surface area (Å²) in [4.78, 5) is 2.38. The average molecular weight is 175 g/mol. The van der Waals surface area contributed by atoms with Crippen LogP contribution < -0.4 is 0 Å². The third-order valence-electron chi connectivity index (χ3n) is 2.23. The maximum absolute atomic E-state index is 3.83. The summed E-state index contributed by atoms with van der Waals surface area (Å²) < 4.78 is 0. The molecule has 3 heteroatoms. The molecule has 1 saturated heterocycles. The molecule has 0 radical (unpaired) electrons. The first-order valence-electron chi connectivity index (χ1n) is 4.65. The number of hydrogen-bond donors (Lipinski definition) is 1. The average Bonchev–Trinajstić information content (AvgIpc) is 2.75. The largest absolute Gasteiger partial charge is 0.292 e. The number of likely N-dealkylation sites (tertiary alicyclic amines) is 1. The SMILES string of the molecule is C(#Cc1cn[nH]c1)CN1CCCC1. The van der Waals surface area contributed by atoms with Crippen LogP contribution in [0.1, 0.15) is 18.4 Å². The molecule has 0 bridgehead atoms. The van der Waals surface area contributed by atoms with Crippen LogP contribution in [0, 0.1) is 11.8 Å². The van der Waals surface area contributed by atoms with Crippen LogP contribution in [-0.4, -0.2) is 34.7 Å². The zero-order valence-corrected chi connectivity index (χ0v) is 7.58. The van der Waals surface area contributed by atoms with E-state index in [-0.39, 0.29) is 0 Å². The maximum Gasteiger partial charge on any atom is 0.0644 e. The zero-order valence-electron chi connectivity index (χ0n) is 7.58. The lowest BCUT2D eigenvalue weighted by molar-refractivity contribution is 0.383. The van der Waals surface area contributed by atoms with Gasteiger partial charge in [0.15, 0.2) is 0 Å². The first kappa shape index (κ1) is 8.33.